The Hall–Kier alpha value is -0.430. The topological polar surface area (TPSA) is 49.4 Å². The molecule has 0 radical (unpaired) electrons. The monoisotopic (exact) mass is 304 g/mol. The molecule has 0 bridgehead atoms. The van der Waals surface area contributed by atoms with Crippen LogP contribution in [0.25, 0.3) is 0 Å². The molecule has 0 aliphatic rings. The van der Waals surface area contributed by atoms with Gasteiger partial charge in [0, 0.05) is 11.4 Å². The first-order valence-electron chi connectivity index (χ1n) is 6.78. The van der Waals surface area contributed by atoms with Crippen molar-refractivity contribution >= 4 is 21.4 Å². The lowest BCUT2D eigenvalue weighted by Crippen LogP contribution is -2.38. The van der Waals surface area contributed by atoms with E-state index >= 15 is 0 Å². The molecule has 1 heterocycles. The molecule has 1 aromatic heterocycles. The second-order valence-electron chi connectivity index (χ2n) is 4.42. The second kappa shape index (κ2) is 7.99. The van der Waals surface area contributed by atoms with Crippen molar-refractivity contribution in [2.75, 3.05) is 25.4 Å². The summed E-state index contributed by atoms with van der Waals surface area (Å²) >= 11 is 1.68. The Morgan fingerprint density at radius 1 is 1.32 bits per heavy atom. The van der Waals surface area contributed by atoms with E-state index in [2.05, 4.69) is 29.5 Å². The largest absolute Gasteiger partial charge is 0.295 e. The summed E-state index contributed by atoms with van der Waals surface area (Å²) in [4.78, 5) is 3.49. The van der Waals surface area contributed by atoms with Crippen molar-refractivity contribution < 1.29 is 8.42 Å². The number of nitrogens with zero attached hydrogens (tertiary/aromatic N) is 1. The number of hydrogen-bond acceptors (Lipinski definition) is 4. The predicted molar refractivity (Wildman–Crippen MR) is 82.1 cm³/mol. The third-order valence-electron chi connectivity index (χ3n) is 3.09. The molecule has 4 nitrogen and oxygen atoms in total. The van der Waals surface area contributed by atoms with Crippen molar-refractivity contribution in [3.8, 4) is 0 Å². The molecule has 0 aromatic carbocycles. The standard InChI is InChI=1S/C13H24N2O2S2/c1-4-10-19(16,17)14-11-12(15(5-2)6-3)13-8-7-9-18-13/h7-9,12,14H,4-6,10-11H2,1-3H3. The zero-order chi connectivity index (χ0) is 14.3. The normalized spacial score (nSPS) is 13.9. The predicted octanol–water partition coefficient (Wildman–Crippen LogP) is 2.46. The number of hydrogen-bond donors (Lipinski definition) is 1. The van der Waals surface area contributed by atoms with Crippen molar-refractivity contribution in [3.05, 3.63) is 22.4 Å². The van der Waals surface area contributed by atoms with E-state index in [1.54, 1.807) is 11.3 Å². The van der Waals surface area contributed by atoms with Gasteiger partial charge in [-0.1, -0.05) is 26.8 Å². The molecule has 0 amide bonds. The van der Waals surface area contributed by atoms with Gasteiger partial charge in [-0.25, -0.2) is 13.1 Å². The quantitative estimate of drug-likeness (QED) is 0.762. The Kier molecular flexibility index (Phi) is 6.99. The van der Waals surface area contributed by atoms with Gasteiger partial charge in [0.1, 0.15) is 0 Å². The van der Waals surface area contributed by atoms with Gasteiger partial charge in [-0.3, -0.25) is 4.90 Å². The summed E-state index contributed by atoms with van der Waals surface area (Å²) in [7, 11) is -3.14. The summed E-state index contributed by atoms with van der Waals surface area (Å²) in [6.07, 6.45) is 0.643. The van der Waals surface area contributed by atoms with Crippen LogP contribution < -0.4 is 4.72 Å². The minimum atomic E-state index is -3.14. The number of nitrogens with one attached hydrogen (secondary N) is 1. The van der Waals surface area contributed by atoms with Crippen LogP contribution >= 0.6 is 11.3 Å². The summed E-state index contributed by atoms with van der Waals surface area (Å²) in [6.45, 7) is 8.35. The molecule has 0 saturated heterocycles. The Balaban J connectivity index is 2.76. The third kappa shape index (κ3) is 5.22. The summed E-state index contributed by atoms with van der Waals surface area (Å²) in [5, 5.41) is 2.03. The lowest BCUT2D eigenvalue weighted by Gasteiger charge is -2.29. The van der Waals surface area contributed by atoms with Crippen LogP contribution in [0.3, 0.4) is 0 Å². The number of rotatable bonds is 9. The first-order valence-corrected chi connectivity index (χ1v) is 9.32. The van der Waals surface area contributed by atoms with Gasteiger partial charge in [0.25, 0.3) is 0 Å². The van der Waals surface area contributed by atoms with Crippen molar-refractivity contribution in [2.24, 2.45) is 0 Å². The maximum absolute atomic E-state index is 11.8. The molecule has 6 heteroatoms. The Morgan fingerprint density at radius 3 is 2.47 bits per heavy atom. The van der Waals surface area contributed by atoms with Gasteiger partial charge in [0.15, 0.2) is 0 Å². The average molecular weight is 304 g/mol. The maximum atomic E-state index is 11.8. The van der Waals surface area contributed by atoms with Gasteiger partial charge in [-0.05, 0) is 31.0 Å². The van der Waals surface area contributed by atoms with Crippen molar-refractivity contribution in [1.82, 2.24) is 9.62 Å². The van der Waals surface area contributed by atoms with E-state index in [-0.39, 0.29) is 11.8 Å². The summed E-state index contributed by atoms with van der Waals surface area (Å²) < 4.78 is 26.3. The molecule has 1 atom stereocenters. The Morgan fingerprint density at radius 2 is 2.00 bits per heavy atom. The molecule has 0 spiro atoms. The van der Waals surface area contributed by atoms with Crippen LogP contribution in [-0.2, 0) is 10.0 Å². The Labute approximate surface area is 120 Å². The fourth-order valence-corrected chi connectivity index (χ4v) is 4.06. The molecule has 110 valence electrons. The summed E-state index contributed by atoms with van der Waals surface area (Å²) in [5.74, 6) is 0.197. The zero-order valence-electron chi connectivity index (χ0n) is 11.9. The van der Waals surface area contributed by atoms with Crippen molar-refractivity contribution in [3.63, 3.8) is 0 Å². The lowest BCUT2D eigenvalue weighted by molar-refractivity contribution is 0.223. The van der Waals surface area contributed by atoms with Gasteiger partial charge < -0.3 is 0 Å². The van der Waals surface area contributed by atoms with Crippen LogP contribution in [-0.4, -0.2) is 38.7 Å². The molecule has 19 heavy (non-hydrogen) atoms. The van der Waals surface area contributed by atoms with Gasteiger partial charge in [0.05, 0.1) is 11.8 Å². The molecular weight excluding hydrogens is 280 g/mol. The zero-order valence-corrected chi connectivity index (χ0v) is 13.6. The number of thiophene rings is 1. The third-order valence-corrected chi connectivity index (χ3v) is 5.62. The van der Waals surface area contributed by atoms with Crippen LogP contribution in [0.4, 0.5) is 0 Å². The highest BCUT2D eigenvalue weighted by Gasteiger charge is 2.21. The SMILES string of the molecule is CCCS(=O)(=O)NCC(c1cccs1)N(CC)CC. The van der Waals surface area contributed by atoms with E-state index in [0.717, 1.165) is 13.1 Å². The molecule has 0 fully saturated rings. The molecule has 0 saturated carbocycles. The molecule has 1 unspecified atom stereocenters. The van der Waals surface area contributed by atoms with E-state index in [1.807, 2.05) is 18.4 Å². The first kappa shape index (κ1) is 16.6. The number of likely N-dealkylation sites (N-methyl/N-ethyl adjacent to an activating group) is 1. The molecule has 0 aliphatic heterocycles. The van der Waals surface area contributed by atoms with Crippen LogP contribution in [0.2, 0.25) is 0 Å². The summed E-state index contributed by atoms with van der Waals surface area (Å²) in [6, 6.07) is 4.21. The molecular formula is C13H24N2O2S2. The Bertz CT molecular complexity index is 439. The van der Waals surface area contributed by atoms with E-state index in [1.165, 1.54) is 4.88 Å². The van der Waals surface area contributed by atoms with Gasteiger partial charge in [-0.2, -0.15) is 0 Å². The number of sulfonamides is 1. The molecule has 1 N–H and O–H groups in total. The van der Waals surface area contributed by atoms with Crippen LogP contribution in [0.5, 0.6) is 0 Å². The highest BCUT2D eigenvalue weighted by atomic mass is 32.2. The molecule has 0 aliphatic carbocycles. The van der Waals surface area contributed by atoms with E-state index in [4.69, 9.17) is 0 Å². The molecule has 1 aromatic rings. The van der Waals surface area contributed by atoms with Crippen molar-refractivity contribution in [2.45, 2.75) is 33.2 Å². The fourth-order valence-electron chi connectivity index (χ4n) is 2.10. The first-order chi connectivity index (χ1) is 9.04. The lowest BCUT2D eigenvalue weighted by atomic mass is 10.2. The highest BCUT2D eigenvalue weighted by molar-refractivity contribution is 7.89. The minimum Gasteiger partial charge on any atom is -0.295 e. The van der Waals surface area contributed by atoms with E-state index in [0.29, 0.717) is 13.0 Å². The fraction of sp³-hybridized carbons (Fsp3) is 0.692. The average Bonchev–Trinajstić information content (AvgIpc) is 2.88. The highest BCUT2D eigenvalue weighted by Crippen LogP contribution is 2.24. The van der Waals surface area contributed by atoms with E-state index in [9.17, 15) is 8.42 Å². The van der Waals surface area contributed by atoms with Gasteiger partial charge >= 0.3 is 0 Å². The second-order valence-corrected chi connectivity index (χ2v) is 7.33. The maximum Gasteiger partial charge on any atom is 0.211 e. The van der Waals surface area contributed by atoms with Gasteiger partial charge in [-0.15, -0.1) is 11.3 Å². The molecule has 1 rings (SSSR count). The van der Waals surface area contributed by atoms with Crippen molar-refractivity contribution in [1.29, 1.82) is 0 Å². The van der Waals surface area contributed by atoms with Crippen LogP contribution in [0.15, 0.2) is 17.5 Å². The van der Waals surface area contributed by atoms with Gasteiger partial charge in [0.2, 0.25) is 10.0 Å². The van der Waals surface area contributed by atoms with Crippen LogP contribution in [0, 0.1) is 0 Å². The van der Waals surface area contributed by atoms with E-state index < -0.39 is 10.0 Å². The smallest absolute Gasteiger partial charge is 0.211 e. The minimum absolute atomic E-state index is 0.127. The van der Waals surface area contributed by atoms with Crippen LogP contribution in [0.1, 0.15) is 38.1 Å². The summed E-state index contributed by atoms with van der Waals surface area (Å²) in [5.41, 5.74) is 0.